The molecule has 10 heteroatoms. The van der Waals surface area contributed by atoms with E-state index >= 15 is 0 Å². The summed E-state index contributed by atoms with van der Waals surface area (Å²) in [5, 5.41) is 13.6. The van der Waals surface area contributed by atoms with E-state index in [0.29, 0.717) is 22.3 Å². The van der Waals surface area contributed by atoms with Gasteiger partial charge in [-0.1, -0.05) is 30.3 Å². The number of nitro groups is 1. The van der Waals surface area contributed by atoms with Gasteiger partial charge in [-0.2, -0.15) is 0 Å². The monoisotopic (exact) mass is 473 g/mol. The minimum atomic E-state index is -0.803. The lowest BCUT2D eigenvalue weighted by atomic mass is 10.1. The van der Waals surface area contributed by atoms with E-state index in [2.05, 4.69) is 5.32 Å². The van der Waals surface area contributed by atoms with Crippen molar-refractivity contribution in [3.05, 3.63) is 105 Å². The van der Waals surface area contributed by atoms with Gasteiger partial charge in [0, 0.05) is 6.07 Å². The van der Waals surface area contributed by atoms with Crippen molar-refractivity contribution in [2.75, 3.05) is 11.9 Å². The Kier molecular flexibility index (Phi) is 6.36. The molecular formula is C25H19N3O7. The van der Waals surface area contributed by atoms with Gasteiger partial charge in [0.15, 0.2) is 6.61 Å². The van der Waals surface area contributed by atoms with E-state index in [1.165, 1.54) is 24.3 Å². The number of hydrogen-bond acceptors (Lipinski definition) is 7. The van der Waals surface area contributed by atoms with Crippen molar-refractivity contribution in [2.24, 2.45) is 0 Å². The van der Waals surface area contributed by atoms with Gasteiger partial charge in [-0.05, 0) is 48.4 Å². The Morgan fingerprint density at radius 3 is 2.31 bits per heavy atom. The lowest BCUT2D eigenvalue weighted by Gasteiger charge is -2.14. The van der Waals surface area contributed by atoms with Crippen LogP contribution in [0.3, 0.4) is 0 Å². The van der Waals surface area contributed by atoms with Crippen molar-refractivity contribution in [1.82, 2.24) is 4.90 Å². The quantitative estimate of drug-likeness (QED) is 0.240. The second kappa shape index (κ2) is 9.56. The maximum absolute atomic E-state index is 12.6. The van der Waals surface area contributed by atoms with E-state index in [-0.39, 0.29) is 23.5 Å². The highest BCUT2D eigenvalue weighted by Gasteiger charge is 2.35. The number of anilines is 1. The molecule has 0 aromatic heterocycles. The van der Waals surface area contributed by atoms with Crippen LogP contribution in [0.15, 0.2) is 66.7 Å². The number of carbonyl (C=O) groups is 4. The highest BCUT2D eigenvalue weighted by atomic mass is 16.6. The normalized spacial score (nSPS) is 12.3. The molecule has 3 aromatic carbocycles. The molecule has 0 bridgehead atoms. The van der Waals surface area contributed by atoms with Gasteiger partial charge in [-0.25, -0.2) is 4.79 Å². The van der Waals surface area contributed by atoms with Crippen molar-refractivity contribution in [2.45, 2.75) is 13.5 Å². The zero-order valence-electron chi connectivity index (χ0n) is 18.5. The Morgan fingerprint density at radius 2 is 1.66 bits per heavy atom. The number of esters is 1. The largest absolute Gasteiger partial charge is 0.452 e. The number of nitro benzene ring substituents is 1. The second-order valence-corrected chi connectivity index (χ2v) is 7.84. The molecule has 3 amide bonds. The predicted octanol–water partition coefficient (Wildman–Crippen LogP) is 3.49. The van der Waals surface area contributed by atoms with E-state index in [0.717, 1.165) is 4.90 Å². The maximum atomic E-state index is 12.6. The van der Waals surface area contributed by atoms with Crippen LogP contribution in [0.4, 0.5) is 11.4 Å². The third kappa shape index (κ3) is 4.91. The molecule has 35 heavy (non-hydrogen) atoms. The molecular weight excluding hydrogens is 454 g/mol. The Labute approximate surface area is 199 Å². The van der Waals surface area contributed by atoms with Gasteiger partial charge in [0.1, 0.15) is 5.69 Å². The molecule has 0 saturated heterocycles. The molecule has 4 rings (SSSR count). The van der Waals surface area contributed by atoms with Crippen LogP contribution >= 0.6 is 0 Å². The summed E-state index contributed by atoms with van der Waals surface area (Å²) in [7, 11) is 0. The molecule has 176 valence electrons. The minimum absolute atomic E-state index is 0.00964. The van der Waals surface area contributed by atoms with Gasteiger partial charge in [0.25, 0.3) is 23.4 Å². The lowest BCUT2D eigenvalue weighted by molar-refractivity contribution is -0.384. The molecule has 1 N–H and O–H groups in total. The fourth-order valence-electron chi connectivity index (χ4n) is 3.66. The van der Waals surface area contributed by atoms with Gasteiger partial charge < -0.3 is 10.1 Å². The predicted molar refractivity (Wildman–Crippen MR) is 124 cm³/mol. The maximum Gasteiger partial charge on any atom is 0.338 e. The van der Waals surface area contributed by atoms with E-state index in [1.54, 1.807) is 49.4 Å². The lowest BCUT2D eigenvalue weighted by Crippen LogP contribution is -2.29. The summed E-state index contributed by atoms with van der Waals surface area (Å²) in [5.74, 6) is -2.38. The van der Waals surface area contributed by atoms with Crippen molar-refractivity contribution >= 4 is 35.1 Å². The highest BCUT2D eigenvalue weighted by molar-refractivity contribution is 6.21. The van der Waals surface area contributed by atoms with Crippen molar-refractivity contribution < 1.29 is 28.8 Å². The Balaban J connectivity index is 1.38. The van der Waals surface area contributed by atoms with Gasteiger partial charge in [0.05, 0.1) is 28.2 Å². The van der Waals surface area contributed by atoms with Crippen LogP contribution in [0.5, 0.6) is 0 Å². The van der Waals surface area contributed by atoms with E-state index in [4.69, 9.17) is 4.74 Å². The topological polar surface area (TPSA) is 136 Å². The smallest absolute Gasteiger partial charge is 0.338 e. The third-order valence-corrected chi connectivity index (χ3v) is 5.34. The molecule has 10 nitrogen and oxygen atoms in total. The number of aryl methyl sites for hydroxylation is 1. The molecule has 1 heterocycles. The first-order chi connectivity index (χ1) is 16.7. The summed E-state index contributed by atoms with van der Waals surface area (Å²) in [6.45, 7) is 0.987. The first-order valence-corrected chi connectivity index (χ1v) is 10.5. The van der Waals surface area contributed by atoms with Crippen molar-refractivity contribution in [1.29, 1.82) is 0 Å². The van der Waals surface area contributed by atoms with Crippen LogP contribution in [-0.4, -0.2) is 40.1 Å². The van der Waals surface area contributed by atoms with Crippen LogP contribution in [0.1, 0.15) is 42.2 Å². The number of fused-ring (bicyclic) bond motifs is 1. The summed E-state index contributed by atoms with van der Waals surface area (Å²) in [5.41, 5.74) is 1.67. The Bertz CT molecular complexity index is 1350. The molecule has 0 spiro atoms. The van der Waals surface area contributed by atoms with Crippen molar-refractivity contribution in [3.8, 4) is 0 Å². The van der Waals surface area contributed by atoms with Gasteiger partial charge in [0.2, 0.25) is 0 Å². The molecule has 1 aliphatic heterocycles. The van der Waals surface area contributed by atoms with Crippen LogP contribution in [-0.2, 0) is 16.1 Å². The van der Waals surface area contributed by atoms with E-state index in [1.807, 2.05) is 0 Å². The molecule has 0 fully saturated rings. The van der Waals surface area contributed by atoms with Crippen molar-refractivity contribution in [3.63, 3.8) is 0 Å². The van der Waals surface area contributed by atoms with E-state index < -0.39 is 35.2 Å². The van der Waals surface area contributed by atoms with Gasteiger partial charge in [-0.15, -0.1) is 0 Å². The first-order valence-electron chi connectivity index (χ1n) is 10.5. The van der Waals surface area contributed by atoms with Crippen LogP contribution < -0.4 is 5.32 Å². The van der Waals surface area contributed by atoms with Crippen LogP contribution in [0.25, 0.3) is 0 Å². The summed E-state index contributed by atoms with van der Waals surface area (Å²) in [4.78, 5) is 61.5. The number of nitrogens with zero attached hydrogens (tertiary/aromatic N) is 2. The summed E-state index contributed by atoms with van der Waals surface area (Å²) in [6, 6.07) is 17.0. The average Bonchev–Trinajstić information content (AvgIpc) is 3.08. The van der Waals surface area contributed by atoms with Crippen LogP contribution in [0, 0.1) is 17.0 Å². The zero-order valence-corrected chi connectivity index (χ0v) is 18.5. The number of nitrogens with one attached hydrogen (secondary N) is 1. The summed E-state index contributed by atoms with van der Waals surface area (Å²) in [6.07, 6.45) is 0. The van der Waals surface area contributed by atoms with E-state index in [9.17, 15) is 29.3 Å². The SMILES string of the molecule is Cc1ccc(NC(=O)COC(=O)c2cccc(CN3C(=O)c4ccccc4C3=O)c2)c([N+](=O)[O-])c1. The number of benzene rings is 3. The number of imide groups is 1. The first kappa shape index (κ1) is 23.3. The summed E-state index contributed by atoms with van der Waals surface area (Å²) < 4.78 is 5.04. The Morgan fingerprint density at radius 1 is 0.971 bits per heavy atom. The molecule has 1 aliphatic rings. The van der Waals surface area contributed by atoms with Gasteiger partial charge in [-0.3, -0.25) is 29.4 Å². The Hall–Kier alpha value is -4.86. The number of hydrogen-bond donors (Lipinski definition) is 1. The molecule has 0 saturated carbocycles. The molecule has 0 radical (unpaired) electrons. The number of rotatable bonds is 7. The molecule has 3 aromatic rings. The number of amides is 3. The summed E-state index contributed by atoms with van der Waals surface area (Å²) >= 11 is 0. The molecule has 0 atom stereocenters. The fraction of sp³-hybridized carbons (Fsp3) is 0.120. The number of ether oxygens (including phenoxy) is 1. The highest BCUT2D eigenvalue weighted by Crippen LogP contribution is 2.26. The fourth-order valence-corrected chi connectivity index (χ4v) is 3.66. The second-order valence-electron chi connectivity index (χ2n) is 7.84. The third-order valence-electron chi connectivity index (χ3n) is 5.34. The molecule has 0 unspecified atom stereocenters. The minimum Gasteiger partial charge on any atom is -0.452 e. The zero-order chi connectivity index (χ0) is 25.1. The average molecular weight is 473 g/mol. The molecule has 0 aliphatic carbocycles. The standard InChI is InChI=1S/C25H19N3O7/c1-15-9-10-20(21(11-15)28(33)34)26-22(29)14-35-25(32)17-6-4-5-16(12-17)13-27-23(30)18-7-2-3-8-19(18)24(27)31/h2-12H,13-14H2,1H3,(H,26,29). The number of carbonyl (C=O) groups excluding carboxylic acids is 4. The van der Waals surface area contributed by atoms with Crippen LogP contribution in [0.2, 0.25) is 0 Å². The van der Waals surface area contributed by atoms with Gasteiger partial charge >= 0.3 is 5.97 Å².